The summed E-state index contributed by atoms with van der Waals surface area (Å²) >= 11 is 0. The third-order valence-electron chi connectivity index (χ3n) is 4.00. The number of nitrogens with one attached hydrogen (secondary N) is 1. The number of furan rings is 1. The molecular weight excluding hydrogens is 376 g/mol. The number of benzene rings is 2. The van der Waals surface area contributed by atoms with Gasteiger partial charge in [0.1, 0.15) is 12.4 Å². The van der Waals surface area contributed by atoms with Gasteiger partial charge in [-0.15, -0.1) is 0 Å². The molecule has 8 nitrogen and oxygen atoms in total. The monoisotopic (exact) mass is 392 g/mol. The number of para-hydroxylation sites is 2. The zero-order valence-corrected chi connectivity index (χ0v) is 15.1. The summed E-state index contributed by atoms with van der Waals surface area (Å²) in [6.07, 6.45) is 2.08. The number of esters is 1. The lowest BCUT2D eigenvalue weighted by atomic mass is 10.2. The average molecular weight is 392 g/mol. The number of hydrogen-bond acceptors (Lipinski definition) is 7. The lowest BCUT2D eigenvalue weighted by Crippen LogP contribution is -2.42. The molecule has 0 saturated carbocycles. The third-order valence-corrected chi connectivity index (χ3v) is 4.00. The van der Waals surface area contributed by atoms with Crippen molar-refractivity contribution in [2.24, 2.45) is 5.10 Å². The molecule has 1 amide bonds. The van der Waals surface area contributed by atoms with Crippen molar-refractivity contribution in [3.63, 3.8) is 0 Å². The molecule has 0 spiro atoms. The van der Waals surface area contributed by atoms with Gasteiger partial charge >= 0.3 is 5.97 Å². The van der Waals surface area contributed by atoms with Gasteiger partial charge in [0, 0.05) is 0 Å². The highest BCUT2D eigenvalue weighted by molar-refractivity contribution is 5.88. The van der Waals surface area contributed by atoms with Crippen LogP contribution in [0.4, 0.5) is 0 Å². The van der Waals surface area contributed by atoms with Crippen molar-refractivity contribution >= 4 is 18.1 Å². The van der Waals surface area contributed by atoms with Crippen molar-refractivity contribution in [1.29, 1.82) is 0 Å². The topological polar surface area (TPSA) is 99.4 Å². The Labute approximate surface area is 165 Å². The minimum absolute atomic E-state index is 0.105. The lowest BCUT2D eigenvalue weighted by Gasteiger charge is -2.24. The van der Waals surface area contributed by atoms with Gasteiger partial charge in [-0.3, -0.25) is 4.79 Å². The summed E-state index contributed by atoms with van der Waals surface area (Å²) < 4.78 is 21.3. The summed E-state index contributed by atoms with van der Waals surface area (Å²) in [6.45, 7) is 0.105. The zero-order chi connectivity index (χ0) is 20.1. The third kappa shape index (κ3) is 4.44. The molecule has 0 saturated heterocycles. The van der Waals surface area contributed by atoms with Crippen molar-refractivity contribution in [3.8, 4) is 17.2 Å². The van der Waals surface area contributed by atoms with Crippen molar-refractivity contribution in [2.45, 2.75) is 6.10 Å². The summed E-state index contributed by atoms with van der Waals surface area (Å²) in [4.78, 5) is 24.0. The Morgan fingerprint density at radius 2 is 1.83 bits per heavy atom. The molecule has 1 aliphatic rings. The second-order valence-electron chi connectivity index (χ2n) is 6.03. The Morgan fingerprint density at radius 3 is 2.59 bits per heavy atom. The summed E-state index contributed by atoms with van der Waals surface area (Å²) in [6, 6.07) is 16.9. The quantitative estimate of drug-likeness (QED) is 0.310. The highest BCUT2D eigenvalue weighted by atomic mass is 16.6. The maximum atomic E-state index is 12.2. The molecule has 1 N–H and O–H groups in total. The lowest BCUT2D eigenvalue weighted by molar-refractivity contribution is -0.130. The molecule has 4 rings (SSSR count). The van der Waals surface area contributed by atoms with Crippen LogP contribution in [-0.2, 0) is 4.79 Å². The Kier molecular flexibility index (Phi) is 5.24. The van der Waals surface area contributed by atoms with Gasteiger partial charge in [-0.2, -0.15) is 5.10 Å². The molecule has 0 aliphatic carbocycles. The van der Waals surface area contributed by atoms with Gasteiger partial charge in [-0.05, 0) is 54.1 Å². The van der Waals surface area contributed by atoms with E-state index in [-0.39, 0.29) is 12.4 Å². The molecule has 0 bridgehead atoms. The molecule has 2 aromatic carbocycles. The average Bonchev–Trinajstić information content (AvgIpc) is 3.30. The Morgan fingerprint density at radius 1 is 1.03 bits per heavy atom. The molecule has 1 atom stereocenters. The van der Waals surface area contributed by atoms with Crippen LogP contribution in [0.5, 0.6) is 17.2 Å². The van der Waals surface area contributed by atoms with Crippen LogP contribution in [0.2, 0.25) is 0 Å². The Bertz CT molecular complexity index is 1030. The van der Waals surface area contributed by atoms with E-state index in [1.807, 2.05) is 6.07 Å². The molecule has 3 aromatic rings. The maximum Gasteiger partial charge on any atom is 0.379 e. The molecule has 1 aromatic heterocycles. The molecule has 0 unspecified atom stereocenters. The van der Waals surface area contributed by atoms with Crippen LogP contribution in [0, 0.1) is 0 Å². The van der Waals surface area contributed by atoms with Crippen LogP contribution in [0.3, 0.4) is 0 Å². The van der Waals surface area contributed by atoms with Crippen LogP contribution in [0.25, 0.3) is 0 Å². The number of hydrogen-bond donors (Lipinski definition) is 1. The largest absolute Gasteiger partial charge is 0.485 e. The fraction of sp³-hybridized carbons (Fsp3) is 0.0952. The summed E-state index contributed by atoms with van der Waals surface area (Å²) in [5, 5.41) is 3.92. The van der Waals surface area contributed by atoms with Crippen LogP contribution < -0.4 is 19.6 Å². The fourth-order valence-corrected chi connectivity index (χ4v) is 2.57. The van der Waals surface area contributed by atoms with Gasteiger partial charge in [0.15, 0.2) is 11.5 Å². The minimum Gasteiger partial charge on any atom is -0.485 e. The number of fused-ring (bicyclic) bond motifs is 1. The van der Waals surface area contributed by atoms with Crippen molar-refractivity contribution in [2.75, 3.05) is 6.61 Å². The first-order valence-electron chi connectivity index (χ1n) is 8.76. The summed E-state index contributed by atoms with van der Waals surface area (Å²) in [5.74, 6) is 0.601. The Balaban J connectivity index is 1.29. The molecular formula is C21H16N2O6. The van der Waals surface area contributed by atoms with Crippen LogP contribution >= 0.6 is 0 Å². The number of amides is 1. The number of hydrazone groups is 1. The first kappa shape index (κ1) is 18.3. The van der Waals surface area contributed by atoms with E-state index in [1.165, 1.54) is 18.5 Å². The van der Waals surface area contributed by atoms with Crippen molar-refractivity contribution in [1.82, 2.24) is 5.43 Å². The van der Waals surface area contributed by atoms with E-state index in [4.69, 9.17) is 18.6 Å². The number of carbonyl (C=O) groups excluding carboxylic acids is 2. The van der Waals surface area contributed by atoms with Gasteiger partial charge in [-0.25, -0.2) is 10.2 Å². The van der Waals surface area contributed by atoms with E-state index >= 15 is 0 Å². The van der Waals surface area contributed by atoms with E-state index in [0.717, 1.165) is 0 Å². The molecule has 0 fully saturated rings. The van der Waals surface area contributed by atoms with Crippen LogP contribution in [0.15, 0.2) is 76.4 Å². The van der Waals surface area contributed by atoms with Gasteiger partial charge in [0.2, 0.25) is 11.9 Å². The summed E-state index contributed by atoms with van der Waals surface area (Å²) in [7, 11) is 0. The normalized spacial score (nSPS) is 15.1. The SMILES string of the molecule is O=C(Oc1ccc(/C=N\NC(=O)[C@H]2COc3ccccc3O2)cc1)c1ccco1. The second kappa shape index (κ2) is 8.30. The Hall–Kier alpha value is -4.07. The minimum atomic E-state index is -0.787. The number of carbonyl (C=O) groups is 2. The number of nitrogens with zero attached hydrogens (tertiary/aromatic N) is 1. The van der Waals surface area contributed by atoms with E-state index in [1.54, 1.807) is 48.5 Å². The van der Waals surface area contributed by atoms with Crippen LogP contribution in [0.1, 0.15) is 16.1 Å². The predicted octanol–water partition coefficient (Wildman–Crippen LogP) is 2.79. The second-order valence-corrected chi connectivity index (χ2v) is 6.03. The molecule has 29 heavy (non-hydrogen) atoms. The van der Waals surface area contributed by atoms with Crippen LogP contribution in [-0.4, -0.2) is 30.8 Å². The number of rotatable bonds is 5. The maximum absolute atomic E-state index is 12.2. The molecule has 1 aliphatic heterocycles. The first-order chi connectivity index (χ1) is 14.2. The van der Waals surface area contributed by atoms with E-state index in [0.29, 0.717) is 22.8 Å². The first-order valence-corrected chi connectivity index (χ1v) is 8.76. The van der Waals surface area contributed by atoms with Gasteiger partial charge in [-0.1, -0.05) is 12.1 Å². The number of ether oxygens (including phenoxy) is 3. The van der Waals surface area contributed by atoms with Crippen molar-refractivity contribution in [3.05, 3.63) is 78.3 Å². The molecule has 146 valence electrons. The standard InChI is InChI=1S/C21H16N2O6/c24-20(19-13-27-16-4-1-2-5-17(16)29-19)23-22-12-14-7-9-15(10-8-14)28-21(25)18-6-3-11-26-18/h1-12,19H,13H2,(H,23,24)/b22-12-/t19-/m1/s1. The van der Waals surface area contributed by atoms with E-state index in [9.17, 15) is 9.59 Å². The predicted molar refractivity (Wildman–Crippen MR) is 102 cm³/mol. The highest BCUT2D eigenvalue weighted by Crippen LogP contribution is 2.30. The van der Waals surface area contributed by atoms with Gasteiger partial charge in [0.25, 0.3) is 5.91 Å². The fourth-order valence-electron chi connectivity index (χ4n) is 2.57. The molecule has 0 radical (unpaired) electrons. The van der Waals surface area contributed by atoms with Gasteiger partial charge < -0.3 is 18.6 Å². The molecule has 8 heteroatoms. The van der Waals surface area contributed by atoms with Crippen molar-refractivity contribution < 1.29 is 28.2 Å². The van der Waals surface area contributed by atoms with E-state index in [2.05, 4.69) is 10.5 Å². The smallest absolute Gasteiger partial charge is 0.379 e. The van der Waals surface area contributed by atoms with E-state index < -0.39 is 18.0 Å². The molecule has 2 heterocycles. The van der Waals surface area contributed by atoms with Gasteiger partial charge in [0.05, 0.1) is 12.5 Å². The highest BCUT2D eigenvalue weighted by Gasteiger charge is 2.26. The zero-order valence-electron chi connectivity index (χ0n) is 15.1. The summed E-state index contributed by atoms with van der Waals surface area (Å²) in [5.41, 5.74) is 3.13.